The SMILES string of the molecule is C/C=C(\NC(=O)c1csc(CNC(=O)OC(C)(C)C)n1)C(=O)NCC(=O)OC(/C=C/C)CC(C)=O. The smallest absolute Gasteiger partial charge is 0.408 e. The molecule has 0 fully saturated rings. The summed E-state index contributed by atoms with van der Waals surface area (Å²) in [5.74, 6) is -2.21. The van der Waals surface area contributed by atoms with Gasteiger partial charge in [0, 0.05) is 11.8 Å². The molecular weight excluding hydrogens is 476 g/mol. The zero-order chi connectivity index (χ0) is 26.6. The molecule has 192 valence electrons. The number of allylic oxidation sites excluding steroid dienone is 2. The lowest BCUT2D eigenvalue weighted by atomic mass is 10.2. The van der Waals surface area contributed by atoms with Gasteiger partial charge in [0.1, 0.15) is 40.4 Å². The predicted octanol–water partition coefficient (Wildman–Crippen LogP) is 2.38. The monoisotopic (exact) mass is 508 g/mol. The molecule has 0 aliphatic rings. The van der Waals surface area contributed by atoms with Crippen LogP contribution in [0.3, 0.4) is 0 Å². The van der Waals surface area contributed by atoms with Gasteiger partial charge in [-0.25, -0.2) is 9.78 Å². The highest BCUT2D eigenvalue weighted by molar-refractivity contribution is 7.09. The second-order valence-electron chi connectivity index (χ2n) is 8.28. The lowest BCUT2D eigenvalue weighted by molar-refractivity contribution is -0.147. The standard InChI is InChI=1S/C23H32N4O7S/c1-7-9-15(10-14(3)28)33-19(29)12-24-20(30)16(8-2)27-21(31)17-13-35-18(26-17)11-25-22(32)34-23(4,5)6/h7-9,13,15H,10-12H2,1-6H3,(H,24,30)(H,25,32)(H,27,31)/b9-7+,16-8-. The molecule has 0 radical (unpaired) electrons. The van der Waals surface area contributed by atoms with Crippen LogP contribution in [0.5, 0.6) is 0 Å². The molecule has 0 spiro atoms. The van der Waals surface area contributed by atoms with E-state index >= 15 is 0 Å². The Morgan fingerprint density at radius 1 is 1.14 bits per heavy atom. The number of amides is 3. The van der Waals surface area contributed by atoms with Crippen LogP contribution in [-0.4, -0.2) is 52.9 Å². The van der Waals surface area contributed by atoms with Crippen molar-refractivity contribution in [2.45, 2.75) is 66.2 Å². The summed E-state index contributed by atoms with van der Waals surface area (Å²) in [5, 5.41) is 9.31. The normalized spacial score (nSPS) is 12.6. The minimum absolute atomic E-state index is 0.0309. The van der Waals surface area contributed by atoms with Crippen molar-refractivity contribution in [1.82, 2.24) is 20.9 Å². The number of thiazole rings is 1. The van der Waals surface area contributed by atoms with Gasteiger partial charge in [0.05, 0.1) is 6.54 Å². The number of nitrogens with zero attached hydrogens (tertiary/aromatic N) is 1. The van der Waals surface area contributed by atoms with Gasteiger partial charge >= 0.3 is 12.1 Å². The first-order valence-electron chi connectivity index (χ1n) is 10.8. The molecule has 3 N–H and O–H groups in total. The summed E-state index contributed by atoms with van der Waals surface area (Å²) < 4.78 is 10.3. The van der Waals surface area contributed by atoms with Gasteiger partial charge < -0.3 is 25.4 Å². The molecule has 35 heavy (non-hydrogen) atoms. The first-order chi connectivity index (χ1) is 16.3. The van der Waals surface area contributed by atoms with E-state index in [-0.39, 0.29) is 30.1 Å². The van der Waals surface area contributed by atoms with E-state index in [2.05, 4.69) is 20.9 Å². The Balaban J connectivity index is 2.59. The molecule has 1 aromatic rings. The number of rotatable bonds is 11. The molecule has 0 aromatic carbocycles. The van der Waals surface area contributed by atoms with Crippen LogP contribution in [0.1, 0.15) is 63.5 Å². The van der Waals surface area contributed by atoms with Crippen LogP contribution >= 0.6 is 11.3 Å². The van der Waals surface area contributed by atoms with Crippen LogP contribution in [0.15, 0.2) is 29.3 Å². The van der Waals surface area contributed by atoms with E-state index in [0.29, 0.717) is 5.01 Å². The highest BCUT2D eigenvalue weighted by atomic mass is 32.1. The van der Waals surface area contributed by atoms with Gasteiger partial charge in [0.15, 0.2) is 0 Å². The summed E-state index contributed by atoms with van der Waals surface area (Å²) in [4.78, 5) is 64.0. The molecule has 0 aliphatic carbocycles. The van der Waals surface area contributed by atoms with Gasteiger partial charge in [-0.05, 0) is 47.6 Å². The second kappa shape index (κ2) is 14.0. The van der Waals surface area contributed by atoms with Crippen LogP contribution < -0.4 is 16.0 Å². The van der Waals surface area contributed by atoms with Gasteiger partial charge in [-0.15, -0.1) is 11.3 Å². The van der Waals surface area contributed by atoms with Gasteiger partial charge in [-0.3, -0.25) is 19.2 Å². The summed E-state index contributed by atoms with van der Waals surface area (Å²) in [7, 11) is 0. The average molecular weight is 509 g/mol. The van der Waals surface area contributed by atoms with E-state index in [4.69, 9.17) is 9.47 Å². The third kappa shape index (κ3) is 11.9. The minimum Gasteiger partial charge on any atom is -0.456 e. The van der Waals surface area contributed by atoms with Crippen molar-refractivity contribution in [3.8, 4) is 0 Å². The zero-order valence-corrected chi connectivity index (χ0v) is 21.5. The van der Waals surface area contributed by atoms with Gasteiger partial charge in [-0.1, -0.05) is 12.2 Å². The lowest BCUT2D eigenvalue weighted by Gasteiger charge is -2.19. The highest BCUT2D eigenvalue weighted by Crippen LogP contribution is 2.11. The van der Waals surface area contributed by atoms with E-state index in [1.54, 1.807) is 46.8 Å². The Kier molecular flexibility index (Phi) is 11.8. The predicted molar refractivity (Wildman–Crippen MR) is 129 cm³/mol. The minimum atomic E-state index is -0.730. The van der Waals surface area contributed by atoms with Crippen LogP contribution in [0.4, 0.5) is 4.79 Å². The Bertz CT molecular complexity index is 992. The number of nitrogens with one attached hydrogen (secondary N) is 3. The number of esters is 1. The van der Waals surface area contributed by atoms with Crippen molar-refractivity contribution in [2.24, 2.45) is 0 Å². The first kappa shape index (κ1) is 29.5. The Morgan fingerprint density at radius 2 is 1.83 bits per heavy atom. The Labute approximate surface area is 208 Å². The number of hydrogen-bond donors (Lipinski definition) is 3. The van der Waals surface area contributed by atoms with Crippen molar-refractivity contribution in [1.29, 1.82) is 0 Å². The maximum absolute atomic E-state index is 12.5. The number of carbonyl (C=O) groups excluding carboxylic acids is 5. The van der Waals surface area contributed by atoms with Crippen molar-refractivity contribution >= 4 is 41.0 Å². The van der Waals surface area contributed by atoms with Crippen molar-refractivity contribution in [3.05, 3.63) is 40.0 Å². The van der Waals surface area contributed by atoms with E-state index in [9.17, 15) is 24.0 Å². The molecule has 1 heterocycles. The fourth-order valence-corrected chi connectivity index (χ4v) is 3.22. The number of Topliss-reactive ketones (excluding diaryl/α,β-unsaturated/α-hetero) is 1. The van der Waals surface area contributed by atoms with Crippen LogP contribution in [0, 0.1) is 0 Å². The maximum atomic E-state index is 12.5. The quantitative estimate of drug-likeness (QED) is 0.234. The number of alkyl carbamates (subject to hydrolysis) is 1. The fourth-order valence-electron chi connectivity index (χ4n) is 2.51. The van der Waals surface area contributed by atoms with Crippen LogP contribution in [0.25, 0.3) is 0 Å². The molecule has 0 saturated carbocycles. The summed E-state index contributed by atoms with van der Waals surface area (Å²) in [6, 6.07) is 0. The summed E-state index contributed by atoms with van der Waals surface area (Å²) in [6.45, 7) is 9.50. The van der Waals surface area contributed by atoms with Gasteiger partial charge in [0.2, 0.25) is 0 Å². The van der Waals surface area contributed by atoms with Crippen LogP contribution in [0.2, 0.25) is 0 Å². The van der Waals surface area contributed by atoms with E-state index in [0.717, 1.165) is 11.3 Å². The molecule has 3 amide bonds. The highest BCUT2D eigenvalue weighted by Gasteiger charge is 2.20. The molecule has 11 nitrogen and oxygen atoms in total. The molecule has 1 atom stereocenters. The molecular formula is C23H32N4O7S. The topological polar surface area (TPSA) is 153 Å². The fraction of sp³-hybridized carbons (Fsp3) is 0.478. The maximum Gasteiger partial charge on any atom is 0.408 e. The largest absolute Gasteiger partial charge is 0.456 e. The molecule has 0 aliphatic heterocycles. The Morgan fingerprint density at radius 3 is 2.40 bits per heavy atom. The Hall–Kier alpha value is -3.54. The third-order valence-corrected chi connectivity index (χ3v) is 4.77. The molecule has 12 heteroatoms. The number of carbonyl (C=O) groups is 5. The van der Waals surface area contributed by atoms with Crippen molar-refractivity contribution in [3.63, 3.8) is 0 Å². The third-order valence-electron chi connectivity index (χ3n) is 3.92. The number of ketones is 1. The van der Waals surface area contributed by atoms with Crippen molar-refractivity contribution in [2.75, 3.05) is 6.54 Å². The first-order valence-corrected chi connectivity index (χ1v) is 11.7. The molecule has 1 aromatic heterocycles. The van der Waals surface area contributed by atoms with E-state index < -0.39 is 42.1 Å². The number of ether oxygens (including phenoxy) is 2. The van der Waals surface area contributed by atoms with Crippen LogP contribution in [-0.2, 0) is 30.4 Å². The number of aromatic nitrogens is 1. The zero-order valence-electron chi connectivity index (χ0n) is 20.7. The molecule has 0 saturated heterocycles. The summed E-state index contributed by atoms with van der Waals surface area (Å²) in [5.41, 5.74) is -0.667. The van der Waals surface area contributed by atoms with E-state index in [1.165, 1.54) is 18.4 Å². The van der Waals surface area contributed by atoms with Gasteiger partial charge in [0.25, 0.3) is 11.8 Å². The van der Waals surface area contributed by atoms with Gasteiger partial charge in [-0.2, -0.15) is 0 Å². The van der Waals surface area contributed by atoms with E-state index in [1.807, 2.05) is 0 Å². The van der Waals surface area contributed by atoms with Crippen molar-refractivity contribution < 1.29 is 33.4 Å². The summed E-state index contributed by atoms with van der Waals surface area (Å²) in [6.07, 6.45) is 3.31. The molecule has 1 unspecified atom stereocenters. The lowest BCUT2D eigenvalue weighted by Crippen LogP contribution is -2.38. The molecule has 0 bridgehead atoms. The molecule has 1 rings (SSSR count). The second-order valence-corrected chi connectivity index (χ2v) is 9.22. The average Bonchev–Trinajstić information content (AvgIpc) is 3.22. The number of hydrogen-bond acceptors (Lipinski definition) is 9. The summed E-state index contributed by atoms with van der Waals surface area (Å²) >= 11 is 1.16.